The van der Waals surface area contributed by atoms with Crippen LogP contribution < -0.4 is 10.6 Å². The number of hydrogen-bond acceptors (Lipinski definition) is 4. The summed E-state index contributed by atoms with van der Waals surface area (Å²) < 4.78 is 15.2. The van der Waals surface area contributed by atoms with Gasteiger partial charge in [-0.1, -0.05) is 39.0 Å². The number of imide groups is 1. The first-order chi connectivity index (χ1) is 15.6. The summed E-state index contributed by atoms with van der Waals surface area (Å²) in [6.07, 6.45) is 0.343. The van der Waals surface area contributed by atoms with Crippen LogP contribution in [0.15, 0.2) is 36.4 Å². The highest BCUT2D eigenvalue weighted by Gasteiger charge is 2.40. The summed E-state index contributed by atoms with van der Waals surface area (Å²) in [7, 11) is 0. The fourth-order valence-corrected chi connectivity index (χ4v) is 4.19. The van der Waals surface area contributed by atoms with Crippen LogP contribution in [0.1, 0.15) is 71.0 Å². The van der Waals surface area contributed by atoms with Crippen LogP contribution in [0.5, 0.6) is 0 Å². The number of rotatable bonds is 4. The van der Waals surface area contributed by atoms with Gasteiger partial charge in [-0.15, -0.1) is 0 Å². The Kier molecular flexibility index (Phi) is 5.78. The van der Waals surface area contributed by atoms with Crippen LogP contribution in [-0.2, 0) is 28.1 Å². The van der Waals surface area contributed by atoms with Crippen LogP contribution in [0.4, 0.5) is 4.39 Å². The third-order valence-electron chi connectivity index (χ3n) is 6.18. The number of hydrogen-bond donors (Lipinski definition) is 2. The molecule has 1 unspecified atom stereocenters. The molecule has 2 aromatic carbocycles. The van der Waals surface area contributed by atoms with Gasteiger partial charge in [-0.05, 0) is 35.6 Å². The molecule has 4 rings (SSSR count). The summed E-state index contributed by atoms with van der Waals surface area (Å²) >= 11 is 0. The highest BCUT2D eigenvalue weighted by atomic mass is 19.1. The molecule has 0 radical (unpaired) electrons. The van der Waals surface area contributed by atoms with E-state index >= 15 is 4.39 Å². The molecule has 1 fully saturated rings. The number of piperidine rings is 1. The van der Waals surface area contributed by atoms with E-state index in [0.717, 1.165) is 5.56 Å². The number of fused-ring (bicyclic) bond motifs is 1. The molecule has 0 aliphatic carbocycles. The molecule has 2 N–H and O–H groups in total. The van der Waals surface area contributed by atoms with Crippen molar-refractivity contribution < 1.29 is 23.6 Å². The predicted octanol–water partition coefficient (Wildman–Crippen LogP) is 2.81. The van der Waals surface area contributed by atoms with E-state index < -0.39 is 23.7 Å². The molecule has 1 atom stereocenters. The molecule has 2 aliphatic heterocycles. The lowest BCUT2D eigenvalue weighted by atomic mass is 9.87. The molecular weight excluding hydrogens is 425 g/mol. The molecule has 1 saturated heterocycles. The van der Waals surface area contributed by atoms with Gasteiger partial charge in [0.15, 0.2) is 0 Å². The number of carbonyl (C=O) groups is 4. The zero-order chi connectivity index (χ0) is 23.9. The van der Waals surface area contributed by atoms with E-state index in [-0.39, 0.29) is 59.9 Å². The summed E-state index contributed by atoms with van der Waals surface area (Å²) in [4.78, 5) is 50.1. The van der Waals surface area contributed by atoms with Gasteiger partial charge >= 0.3 is 0 Å². The van der Waals surface area contributed by atoms with E-state index in [1.165, 1.54) is 17.0 Å². The first kappa shape index (κ1) is 22.6. The summed E-state index contributed by atoms with van der Waals surface area (Å²) in [6, 6.07) is 9.48. The quantitative estimate of drug-likeness (QED) is 0.699. The summed E-state index contributed by atoms with van der Waals surface area (Å²) in [5.41, 5.74) is 2.21. The largest absolute Gasteiger partial charge is 0.348 e. The summed E-state index contributed by atoms with van der Waals surface area (Å²) in [5, 5.41) is 4.95. The van der Waals surface area contributed by atoms with E-state index in [9.17, 15) is 19.2 Å². The van der Waals surface area contributed by atoms with Gasteiger partial charge in [0, 0.05) is 35.2 Å². The Balaban J connectivity index is 1.46. The van der Waals surface area contributed by atoms with Crippen LogP contribution in [0, 0.1) is 5.82 Å². The summed E-state index contributed by atoms with van der Waals surface area (Å²) in [5.74, 6) is -2.25. The van der Waals surface area contributed by atoms with Crippen molar-refractivity contribution in [3.8, 4) is 0 Å². The molecule has 33 heavy (non-hydrogen) atoms. The third kappa shape index (κ3) is 4.37. The average molecular weight is 451 g/mol. The molecule has 2 aliphatic rings. The first-order valence-corrected chi connectivity index (χ1v) is 10.9. The SMILES string of the molecule is CC(C)(C)c1ccc(C(=O)NCc2ccc3c(c2F)CN(C2CCC(=O)NC2=O)C3=O)cc1. The van der Waals surface area contributed by atoms with Crippen molar-refractivity contribution in [3.05, 3.63) is 70.0 Å². The van der Waals surface area contributed by atoms with Crippen molar-refractivity contribution in [2.24, 2.45) is 0 Å². The Bertz CT molecular complexity index is 1150. The number of nitrogens with one attached hydrogen (secondary N) is 2. The van der Waals surface area contributed by atoms with Crippen molar-refractivity contribution in [2.75, 3.05) is 0 Å². The first-order valence-electron chi connectivity index (χ1n) is 10.9. The average Bonchev–Trinajstić information content (AvgIpc) is 3.09. The highest BCUT2D eigenvalue weighted by molar-refractivity contribution is 6.05. The molecule has 0 aromatic heterocycles. The Morgan fingerprint density at radius 1 is 1.12 bits per heavy atom. The van der Waals surface area contributed by atoms with Crippen LogP contribution in [0.3, 0.4) is 0 Å². The lowest BCUT2D eigenvalue weighted by Crippen LogP contribution is -2.52. The van der Waals surface area contributed by atoms with Crippen molar-refractivity contribution in [3.63, 3.8) is 0 Å². The lowest BCUT2D eigenvalue weighted by molar-refractivity contribution is -0.136. The lowest BCUT2D eigenvalue weighted by Gasteiger charge is -2.29. The van der Waals surface area contributed by atoms with Gasteiger partial charge < -0.3 is 10.2 Å². The number of nitrogens with zero attached hydrogens (tertiary/aromatic N) is 1. The summed E-state index contributed by atoms with van der Waals surface area (Å²) in [6.45, 7) is 6.17. The molecule has 2 aromatic rings. The maximum Gasteiger partial charge on any atom is 0.255 e. The minimum absolute atomic E-state index is 0.0261. The Hall–Kier alpha value is -3.55. The van der Waals surface area contributed by atoms with Gasteiger partial charge in [-0.25, -0.2) is 4.39 Å². The number of benzene rings is 2. The second kappa shape index (κ2) is 8.42. The van der Waals surface area contributed by atoms with Gasteiger partial charge in [0.25, 0.3) is 11.8 Å². The molecule has 4 amide bonds. The van der Waals surface area contributed by atoms with Crippen molar-refractivity contribution >= 4 is 23.6 Å². The molecule has 0 bridgehead atoms. The number of halogens is 1. The monoisotopic (exact) mass is 451 g/mol. The smallest absolute Gasteiger partial charge is 0.255 e. The number of amides is 4. The zero-order valence-corrected chi connectivity index (χ0v) is 18.8. The highest BCUT2D eigenvalue weighted by Crippen LogP contribution is 2.30. The molecule has 8 heteroatoms. The Labute approximate surface area is 191 Å². The van der Waals surface area contributed by atoms with Gasteiger partial charge in [-0.2, -0.15) is 0 Å². The van der Waals surface area contributed by atoms with Crippen LogP contribution >= 0.6 is 0 Å². The Morgan fingerprint density at radius 2 is 1.82 bits per heavy atom. The van der Waals surface area contributed by atoms with E-state index in [1.54, 1.807) is 12.1 Å². The molecule has 2 heterocycles. The normalized spacial score (nSPS) is 18.2. The molecule has 7 nitrogen and oxygen atoms in total. The van der Waals surface area contributed by atoms with Crippen molar-refractivity contribution in [1.29, 1.82) is 0 Å². The molecule has 0 saturated carbocycles. The van der Waals surface area contributed by atoms with E-state index in [2.05, 4.69) is 31.4 Å². The number of carbonyl (C=O) groups excluding carboxylic acids is 4. The standard InChI is InChI=1S/C25H26FN3O4/c1-25(2,3)16-7-4-14(5-8-16)22(31)27-12-15-6-9-17-18(21(15)26)13-29(24(17)33)19-10-11-20(30)28-23(19)32/h4-9,19H,10-13H2,1-3H3,(H,27,31)(H,28,30,32). The second-order valence-corrected chi connectivity index (χ2v) is 9.47. The maximum atomic E-state index is 15.2. The Morgan fingerprint density at radius 3 is 2.45 bits per heavy atom. The van der Waals surface area contributed by atoms with Gasteiger partial charge in [0.1, 0.15) is 11.9 Å². The fraction of sp³-hybridized carbons (Fsp3) is 0.360. The van der Waals surface area contributed by atoms with Gasteiger partial charge in [0.2, 0.25) is 11.8 Å². The molecule has 0 spiro atoms. The minimum Gasteiger partial charge on any atom is -0.348 e. The van der Waals surface area contributed by atoms with Crippen molar-refractivity contribution in [2.45, 2.75) is 58.2 Å². The fourth-order valence-electron chi connectivity index (χ4n) is 4.19. The van der Waals surface area contributed by atoms with E-state index in [1.807, 2.05) is 12.1 Å². The zero-order valence-electron chi connectivity index (χ0n) is 18.8. The van der Waals surface area contributed by atoms with E-state index in [4.69, 9.17) is 0 Å². The van der Waals surface area contributed by atoms with Gasteiger partial charge in [0.05, 0.1) is 6.54 Å². The van der Waals surface area contributed by atoms with Crippen LogP contribution in [-0.4, -0.2) is 34.6 Å². The minimum atomic E-state index is -0.804. The predicted molar refractivity (Wildman–Crippen MR) is 119 cm³/mol. The van der Waals surface area contributed by atoms with Gasteiger partial charge in [-0.3, -0.25) is 24.5 Å². The maximum absolute atomic E-state index is 15.2. The van der Waals surface area contributed by atoms with Crippen molar-refractivity contribution in [1.82, 2.24) is 15.5 Å². The van der Waals surface area contributed by atoms with Crippen LogP contribution in [0.2, 0.25) is 0 Å². The van der Waals surface area contributed by atoms with Crippen LogP contribution in [0.25, 0.3) is 0 Å². The van der Waals surface area contributed by atoms with E-state index in [0.29, 0.717) is 5.56 Å². The molecular formula is C25H26FN3O4. The second-order valence-electron chi connectivity index (χ2n) is 9.47. The molecule has 172 valence electrons. The topological polar surface area (TPSA) is 95.6 Å². The third-order valence-corrected chi connectivity index (χ3v) is 6.18.